The van der Waals surface area contributed by atoms with Crippen LogP contribution in [-0.4, -0.2) is 45.6 Å². The van der Waals surface area contributed by atoms with Gasteiger partial charge in [0, 0.05) is 13.2 Å². The van der Waals surface area contributed by atoms with Crippen molar-refractivity contribution in [3.05, 3.63) is 12.7 Å². The van der Waals surface area contributed by atoms with E-state index in [9.17, 15) is 0 Å². The molecule has 2 atom stereocenters. The molecule has 106 valence electrons. The molecule has 1 N–H and O–H groups in total. The van der Waals surface area contributed by atoms with Crippen molar-refractivity contribution in [3.8, 4) is 0 Å². The minimum absolute atomic E-state index is 0.0273. The number of ether oxygens (including phenoxy) is 2. The Kier molecular flexibility index (Phi) is 3.00. The largest absolute Gasteiger partial charge is 0.358 e. The molecule has 20 heavy (non-hydrogen) atoms. The second kappa shape index (κ2) is 4.99. The zero-order valence-electron chi connectivity index (χ0n) is 11.2. The van der Waals surface area contributed by atoms with E-state index in [4.69, 9.17) is 9.47 Å². The lowest BCUT2D eigenvalue weighted by atomic mass is 10.2. The normalized spacial score (nSPS) is 26.4. The molecule has 2 fully saturated rings. The Bertz CT molecular complexity index is 573. The highest BCUT2D eigenvalue weighted by Gasteiger charge is 2.34. The van der Waals surface area contributed by atoms with Crippen molar-refractivity contribution in [2.75, 3.05) is 18.1 Å². The molecular weight excluding hydrogens is 258 g/mol. The lowest BCUT2D eigenvalue weighted by Gasteiger charge is -2.33. The molecule has 7 nitrogen and oxygen atoms in total. The van der Waals surface area contributed by atoms with Crippen LogP contribution in [0.1, 0.15) is 25.7 Å². The maximum absolute atomic E-state index is 5.86. The second-order valence-electron chi connectivity index (χ2n) is 5.14. The van der Waals surface area contributed by atoms with E-state index in [2.05, 4.69) is 24.8 Å². The third kappa shape index (κ3) is 1.94. The molecule has 2 aliphatic heterocycles. The Balaban J connectivity index is 1.78. The SMILES string of the molecule is c1nc(N(C2CCCO2)C2CCCO2)c2[nH]cnc2n1. The Hall–Kier alpha value is -1.73. The standard InChI is InChI=1S/C13H17N5O2/c1-3-9(19-5-1)18(10-4-2-6-20-10)13-11-12(15-7-14-11)16-8-17-13/h7-10H,1-6H2,(H,14,15,16,17). The lowest BCUT2D eigenvalue weighted by Crippen LogP contribution is -2.43. The summed E-state index contributed by atoms with van der Waals surface area (Å²) >= 11 is 0. The van der Waals surface area contributed by atoms with Gasteiger partial charge in [0.1, 0.15) is 24.3 Å². The molecule has 0 aliphatic carbocycles. The van der Waals surface area contributed by atoms with Gasteiger partial charge in [-0.15, -0.1) is 0 Å². The third-order valence-corrected chi connectivity index (χ3v) is 3.88. The van der Waals surface area contributed by atoms with Crippen molar-refractivity contribution in [1.29, 1.82) is 0 Å². The molecule has 0 amide bonds. The van der Waals surface area contributed by atoms with Gasteiger partial charge < -0.3 is 19.4 Å². The van der Waals surface area contributed by atoms with E-state index in [0.29, 0.717) is 5.65 Å². The predicted octanol–water partition coefficient (Wildman–Crippen LogP) is 1.43. The Morgan fingerprint density at radius 2 is 1.80 bits per heavy atom. The maximum Gasteiger partial charge on any atom is 0.182 e. The third-order valence-electron chi connectivity index (χ3n) is 3.88. The van der Waals surface area contributed by atoms with Crippen molar-refractivity contribution >= 4 is 17.0 Å². The molecule has 2 unspecified atom stereocenters. The number of hydrogen-bond acceptors (Lipinski definition) is 6. The summed E-state index contributed by atoms with van der Waals surface area (Å²) in [6.07, 6.45) is 7.40. The summed E-state index contributed by atoms with van der Waals surface area (Å²) in [6.45, 7) is 1.59. The van der Waals surface area contributed by atoms with E-state index in [1.807, 2.05) is 0 Å². The summed E-state index contributed by atoms with van der Waals surface area (Å²) in [4.78, 5) is 18.1. The number of H-pyrrole nitrogens is 1. The first kappa shape index (κ1) is 12.0. The van der Waals surface area contributed by atoms with Crippen molar-refractivity contribution in [2.45, 2.75) is 38.1 Å². The van der Waals surface area contributed by atoms with Gasteiger partial charge in [0.15, 0.2) is 11.5 Å². The van der Waals surface area contributed by atoms with E-state index in [0.717, 1.165) is 50.2 Å². The minimum atomic E-state index is 0.0273. The average Bonchev–Trinajstić information content (AvgIpc) is 3.22. The Labute approximate surface area is 116 Å². The van der Waals surface area contributed by atoms with E-state index in [1.165, 1.54) is 0 Å². The molecule has 0 saturated carbocycles. The minimum Gasteiger partial charge on any atom is -0.358 e. The zero-order valence-corrected chi connectivity index (χ0v) is 11.2. The Morgan fingerprint density at radius 1 is 1.05 bits per heavy atom. The Morgan fingerprint density at radius 3 is 2.45 bits per heavy atom. The molecule has 4 rings (SSSR count). The van der Waals surface area contributed by atoms with Gasteiger partial charge in [0.25, 0.3) is 0 Å². The second-order valence-corrected chi connectivity index (χ2v) is 5.14. The molecule has 2 saturated heterocycles. The number of nitrogens with one attached hydrogen (secondary N) is 1. The van der Waals surface area contributed by atoms with Crippen LogP contribution in [0.3, 0.4) is 0 Å². The fourth-order valence-corrected chi connectivity index (χ4v) is 2.97. The molecule has 2 aromatic heterocycles. The number of aromatic nitrogens is 4. The van der Waals surface area contributed by atoms with Crippen molar-refractivity contribution in [1.82, 2.24) is 19.9 Å². The molecule has 7 heteroatoms. The fourth-order valence-electron chi connectivity index (χ4n) is 2.97. The zero-order chi connectivity index (χ0) is 13.4. The first-order valence-electron chi connectivity index (χ1n) is 7.09. The van der Waals surface area contributed by atoms with Crippen molar-refractivity contribution in [3.63, 3.8) is 0 Å². The molecule has 0 bridgehead atoms. The number of nitrogens with zero attached hydrogens (tertiary/aromatic N) is 4. The van der Waals surface area contributed by atoms with Crippen LogP contribution in [0.2, 0.25) is 0 Å². The maximum atomic E-state index is 5.86. The van der Waals surface area contributed by atoms with E-state index >= 15 is 0 Å². The summed E-state index contributed by atoms with van der Waals surface area (Å²) in [5.74, 6) is 0.825. The van der Waals surface area contributed by atoms with Crippen molar-refractivity contribution < 1.29 is 9.47 Å². The van der Waals surface area contributed by atoms with Crippen molar-refractivity contribution in [2.24, 2.45) is 0 Å². The number of fused-ring (bicyclic) bond motifs is 1. The number of imidazole rings is 1. The van der Waals surface area contributed by atoms with Crippen LogP contribution in [-0.2, 0) is 9.47 Å². The van der Waals surface area contributed by atoms with Crippen LogP contribution in [0.15, 0.2) is 12.7 Å². The summed E-state index contributed by atoms with van der Waals surface area (Å²) in [5.41, 5.74) is 1.52. The first-order chi connectivity index (χ1) is 9.93. The average molecular weight is 275 g/mol. The molecular formula is C13H17N5O2. The van der Waals surface area contributed by atoms with Gasteiger partial charge in [0.05, 0.1) is 6.33 Å². The predicted molar refractivity (Wildman–Crippen MR) is 72.1 cm³/mol. The highest BCUT2D eigenvalue weighted by Crippen LogP contribution is 2.32. The highest BCUT2D eigenvalue weighted by molar-refractivity contribution is 5.82. The van der Waals surface area contributed by atoms with Crippen LogP contribution < -0.4 is 4.90 Å². The summed E-state index contributed by atoms with van der Waals surface area (Å²) in [7, 11) is 0. The number of rotatable bonds is 3. The molecule has 0 aromatic carbocycles. The van der Waals surface area contributed by atoms with Gasteiger partial charge in [-0.05, 0) is 25.7 Å². The molecule has 0 spiro atoms. The van der Waals surface area contributed by atoms with Gasteiger partial charge in [-0.2, -0.15) is 0 Å². The summed E-state index contributed by atoms with van der Waals surface area (Å²) in [6, 6.07) is 0. The fraction of sp³-hybridized carbons (Fsp3) is 0.615. The van der Waals surface area contributed by atoms with E-state index in [-0.39, 0.29) is 12.5 Å². The van der Waals surface area contributed by atoms with Gasteiger partial charge in [-0.25, -0.2) is 15.0 Å². The molecule has 0 radical (unpaired) electrons. The first-order valence-corrected chi connectivity index (χ1v) is 7.09. The number of aromatic amines is 1. The highest BCUT2D eigenvalue weighted by atomic mass is 16.5. The topological polar surface area (TPSA) is 76.2 Å². The van der Waals surface area contributed by atoms with Gasteiger partial charge in [-0.1, -0.05) is 0 Å². The van der Waals surface area contributed by atoms with Gasteiger partial charge >= 0.3 is 0 Å². The van der Waals surface area contributed by atoms with Crippen LogP contribution in [0.4, 0.5) is 5.82 Å². The lowest BCUT2D eigenvalue weighted by molar-refractivity contribution is 0.0390. The van der Waals surface area contributed by atoms with Gasteiger partial charge in [0.2, 0.25) is 0 Å². The van der Waals surface area contributed by atoms with Crippen LogP contribution in [0.5, 0.6) is 0 Å². The van der Waals surface area contributed by atoms with E-state index in [1.54, 1.807) is 12.7 Å². The van der Waals surface area contributed by atoms with E-state index < -0.39 is 0 Å². The molecule has 2 aliphatic rings. The quantitative estimate of drug-likeness (QED) is 0.913. The van der Waals surface area contributed by atoms with Crippen LogP contribution >= 0.6 is 0 Å². The monoisotopic (exact) mass is 275 g/mol. The smallest absolute Gasteiger partial charge is 0.182 e. The summed E-state index contributed by atoms with van der Waals surface area (Å²) in [5, 5.41) is 0. The van der Waals surface area contributed by atoms with Crippen LogP contribution in [0, 0.1) is 0 Å². The summed E-state index contributed by atoms with van der Waals surface area (Å²) < 4.78 is 11.7. The number of hydrogen-bond donors (Lipinski definition) is 1. The van der Waals surface area contributed by atoms with Gasteiger partial charge in [-0.3, -0.25) is 0 Å². The van der Waals surface area contributed by atoms with Crippen LogP contribution in [0.25, 0.3) is 11.2 Å². The molecule has 4 heterocycles. The molecule has 2 aromatic rings. The number of anilines is 1.